The molecule has 3 N–H and O–H groups in total. The SMILES string of the molecule is CCC(C)C(=O)Nc1cccc(CNC(=O)c2c[nH]c3ccccc3c2=O)c1. The van der Waals surface area contributed by atoms with Crippen LogP contribution in [0.3, 0.4) is 0 Å². The van der Waals surface area contributed by atoms with Gasteiger partial charge in [-0.3, -0.25) is 14.4 Å². The van der Waals surface area contributed by atoms with Crippen LogP contribution in [-0.2, 0) is 11.3 Å². The lowest BCUT2D eigenvalue weighted by atomic mass is 10.1. The average Bonchev–Trinajstić information content (AvgIpc) is 2.72. The Hall–Kier alpha value is -3.41. The predicted molar refractivity (Wildman–Crippen MR) is 110 cm³/mol. The molecular weight excluding hydrogens is 354 g/mol. The zero-order valence-corrected chi connectivity index (χ0v) is 15.9. The number of hydrogen-bond acceptors (Lipinski definition) is 3. The molecule has 0 aliphatic carbocycles. The zero-order chi connectivity index (χ0) is 20.1. The molecule has 0 spiro atoms. The van der Waals surface area contributed by atoms with Gasteiger partial charge in [-0.15, -0.1) is 0 Å². The Labute approximate surface area is 163 Å². The van der Waals surface area contributed by atoms with Crippen molar-refractivity contribution in [3.63, 3.8) is 0 Å². The van der Waals surface area contributed by atoms with Crippen molar-refractivity contribution in [1.82, 2.24) is 10.3 Å². The van der Waals surface area contributed by atoms with E-state index in [-0.39, 0.29) is 29.4 Å². The Bertz CT molecular complexity index is 1070. The highest BCUT2D eigenvalue weighted by Crippen LogP contribution is 2.13. The number of anilines is 1. The zero-order valence-electron chi connectivity index (χ0n) is 15.9. The van der Waals surface area contributed by atoms with E-state index in [0.717, 1.165) is 12.0 Å². The summed E-state index contributed by atoms with van der Waals surface area (Å²) in [6, 6.07) is 14.3. The fraction of sp³-hybridized carbons (Fsp3) is 0.227. The third-order valence-corrected chi connectivity index (χ3v) is 4.74. The lowest BCUT2D eigenvalue weighted by molar-refractivity contribution is -0.119. The predicted octanol–water partition coefficient (Wildman–Crippen LogP) is 3.44. The highest BCUT2D eigenvalue weighted by Gasteiger charge is 2.13. The van der Waals surface area contributed by atoms with E-state index in [1.54, 1.807) is 24.3 Å². The van der Waals surface area contributed by atoms with Crippen LogP contribution in [0.1, 0.15) is 36.2 Å². The second kappa shape index (κ2) is 8.52. The van der Waals surface area contributed by atoms with Crippen molar-refractivity contribution in [3.05, 3.63) is 76.1 Å². The molecule has 0 aliphatic rings. The van der Waals surface area contributed by atoms with Crippen LogP contribution in [0.15, 0.2) is 59.5 Å². The van der Waals surface area contributed by atoms with Gasteiger partial charge in [0.05, 0.1) is 0 Å². The van der Waals surface area contributed by atoms with Crippen molar-refractivity contribution in [2.24, 2.45) is 5.92 Å². The van der Waals surface area contributed by atoms with Crippen LogP contribution in [0.4, 0.5) is 5.69 Å². The second-order valence-electron chi connectivity index (χ2n) is 6.76. The van der Waals surface area contributed by atoms with Crippen LogP contribution in [0, 0.1) is 5.92 Å². The summed E-state index contributed by atoms with van der Waals surface area (Å²) >= 11 is 0. The molecule has 1 unspecified atom stereocenters. The number of carbonyl (C=O) groups excluding carboxylic acids is 2. The van der Waals surface area contributed by atoms with Crippen LogP contribution in [0.2, 0.25) is 0 Å². The Morgan fingerprint density at radius 1 is 1.11 bits per heavy atom. The van der Waals surface area contributed by atoms with Crippen molar-refractivity contribution in [1.29, 1.82) is 0 Å². The average molecular weight is 377 g/mol. The summed E-state index contributed by atoms with van der Waals surface area (Å²) in [5.41, 5.74) is 1.96. The molecule has 1 heterocycles. The van der Waals surface area contributed by atoms with Gasteiger partial charge in [0.15, 0.2) is 0 Å². The summed E-state index contributed by atoms with van der Waals surface area (Å²) in [7, 11) is 0. The third kappa shape index (κ3) is 4.28. The quantitative estimate of drug-likeness (QED) is 0.614. The van der Waals surface area contributed by atoms with Gasteiger partial charge in [0.2, 0.25) is 11.3 Å². The Balaban J connectivity index is 1.70. The standard InChI is InChI=1S/C22H23N3O3/c1-3-14(2)21(27)25-16-8-6-7-15(11-16)12-24-22(28)18-13-23-19-10-5-4-9-17(19)20(18)26/h4-11,13-14H,3,12H2,1-2H3,(H,23,26)(H,24,28)(H,25,27). The maximum absolute atomic E-state index is 12.5. The minimum atomic E-state index is -0.443. The third-order valence-electron chi connectivity index (χ3n) is 4.74. The van der Waals surface area contributed by atoms with E-state index in [1.165, 1.54) is 6.20 Å². The van der Waals surface area contributed by atoms with Crippen LogP contribution >= 0.6 is 0 Å². The van der Waals surface area contributed by atoms with Gasteiger partial charge in [0, 0.05) is 35.2 Å². The number of aromatic nitrogens is 1. The first-order chi connectivity index (χ1) is 13.5. The minimum absolute atomic E-state index is 0.0358. The number of rotatable bonds is 6. The van der Waals surface area contributed by atoms with E-state index in [2.05, 4.69) is 15.6 Å². The van der Waals surface area contributed by atoms with Gasteiger partial charge in [-0.1, -0.05) is 38.1 Å². The number of para-hydroxylation sites is 1. The van der Waals surface area contributed by atoms with Crippen molar-refractivity contribution in [2.75, 3.05) is 5.32 Å². The Morgan fingerprint density at radius 2 is 1.89 bits per heavy atom. The van der Waals surface area contributed by atoms with Gasteiger partial charge in [-0.25, -0.2) is 0 Å². The topological polar surface area (TPSA) is 91.1 Å². The molecule has 0 bridgehead atoms. The molecular formula is C22H23N3O3. The van der Waals surface area contributed by atoms with Crippen LogP contribution < -0.4 is 16.1 Å². The molecule has 0 aliphatic heterocycles. The van der Waals surface area contributed by atoms with E-state index in [4.69, 9.17) is 0 Å². The molecule has 3 aromatic rings. The van der Waals surface area contributed by atoms with Crippen molar-refractivity contribution < 1.29 is 9.59 Å². The van der Waals surface area contributed by atoms with E-state index in [0.29, 0.717) is 16.6 Å². The second-order valence-corrected chi connectivity index (χ2v) is 6.76. The normalized spacial score (nSPS) is 11.8. The number of H-pyrrole nitrogens is 1. The molecule has 0 saturated heterocycles. The molecule has 6 heteroatoms. The lowest BCUT2D eigenvalue weighted by Gasteiger charge is -2.11. The van der Waals surface area contributed by atoms with Crippen molar-refractivity contribution in [2.45, 2.75) is 26.8 Å². The highest BCUT2D eigenvalue weighted by atomic mass is 16.2. The molecule has 1 aromatic heterocycles. The summed E-state index contributed by atoms with van der Waals surface area (Å²) in [4.78, 5) is 40.0. The Morgan fingerprint density at radius 3 is 2.68 bits per heavy atom. The van der Waals surface area contributed by atoms with E-state index >= 15 is 0 Å². The molecule has 1 atom stereocenters. The number of nitrogens with one attached hydrogen (secondary N) is 3. The number of hydrogen-bond donors (Lipinski definition) is 3. The monoisotopic (exact) mass is 377 g/mol. The summed E-state index contributed by atoms with van der Waals surface area (Å²) in [6.07, 6.45) is 2.20. The first kappa shape index (κ1) is 19.4. The summed E-state index contributed by atoms with van der Waals surface area (Å²) in [5, 5.41) is 6.12. The number of pyridine rings is 1. The van der Waals surface area contributed by atoms with E-state index in [1.807, 2.05) is 38.1 Å². The molecule has 2 amide bonds. The first-order valence-electron chi connectivity index (χ1n) is 9.28. The first-order valence-corrected chi connectivity index (χ1v) is 9.28. The fourth-order valence-electron chi connectivity index (χ4n) is 2.82. The number of fused-ring (bicyclic) bond motifs is 1. The van der Waals surface area contributed by atoms with Gasteiger partial charge in [-0.05, 0) is 36.2 Å². The molecule has 0 saturated carbocycles. The van der Waals surface area contributed by atoms with E-state index in [9.17, 15) is 14.4 Å². The van der Waals surface area contributed by atoms with Gasteiger partial charge in [0.25, 0.3) is 5.91 Å². The van der Waals surface area contributed by atoms with Gasteiger partial charge < -0.3 is 15.6 Å². The molecule has 6 nitrogen and oxygen atoms in total. The largest absolute Gasteiger partial charge is 0.360 e. The summed E-state index contributed by atoms with van der Waals surface area (Å²) in [5.74, 6) is -0.546. The number of aromatic amines is 1. The molecule has 0 fully saturated rings. The molecule has 3 rings (SSSR count). The number of carbonyl (C=O) groups is 2. The van der Waals surface area contributed by atoms with Crippen molar-refractivity contribution in [3.8, 4) is 0 Å². The summed E-state index contributed by atoms with van der Waals surface area (Å²) in [6.45, 7) is 4.09. The maximum Gasteiger partial charge on any atom is 0.257 e. The van der Waals surface area contributed by atoms with Gasteiger partial charge in [0.1, 0.15) is 5.56 Å². The smallest absolute Gasteiger partial charge is 0.257 e. The Kier molecular flexibility index (Phi) is 5.89. The van der Waals surface area contributed by atoms with E-state index < -0.39 is 5.91 Å². The molecule has 2 aromatic carbocycles. The number of amides is 2. The van der Waals surface area contributed by atoms with Crippen molar-refractivity contribution >= 4 is 28.4 Å². The van der Waals surface area contributed by atoms with Gasteiger partial charge >= 0.3 is 0 Å². The summed E-state index contributed by atoms with van der Waals surface area (Å²) < 4.78 is 0. The lowest BCUT2D eigenvalue weighted by Crippen LogP contribution is -2.28. The highest BCUT2D eigenvalue weighted by molar-refractivity contribution is 5.97. The number of benzene rings is 2. The minimum Gasteiger partial charge on any atom is -0.360 e. The molecule has 144 valence electrons. The maximum atomic E-state index is 12.5. The fourth-order valence-corrected chi connectivity index (χ4v) is 2.82. The van der Waals surface area contributed by atoms with Crippen LogP contribution in [-0.4, -0.2) is 16.8 Å². The molecule has 0 radical (unpaired) electrons. The van der Waals surface area contributed by atoms with Gasteiger partial charge in [-0.2, -0.15) is 0 Å². The molecule has 28 heavy (non-hydrogen) atoms. The van der Waals surface area contributed by atoms with Crippen LogP contribution in [0.5, 0.6) is 0 Å². The van der Waals surface area contributed by atoms with Crippen LogP contribution in [0.25, 0.3) is 10.9 Å².